The molecule has 0 aromatic carbocycles. The summed E-state index contributed by atoms with van der Waals surface area (Å²) in [6.45, 7) is 4.23. The molecule has 1 amide bonds. The first-order chi connectivity index (χ1) is 8.15. The molecule has 0 aliphatic carbocycles. The maximum atomic E-state index is 12.5. The van der Waals surface area contributed by atoms with E-state index in [-0.39, 0.29) is 5.91 Å². The molecule has 2 heterocycles. The molecule has 2 atom stereocenters. The highest BCUT2D eigenvalue weighted by atomic mass is 16.2. The first-order valence-corrected chi connectivity index (χ1v) is 6.17. The van der Waals surface area contributed by atoms with Gasteiger partial charge >= 0.3 is 0 Å². The predicted octanol–water partition coefficient (Wildman–Crippen LogP) is 2.07. The van der Waals surface area contributed by atoms with Crippen LogP contribution >= 0.6 is 0 Å². The highest BCUT2D eigenvalue weighted by Crippen LogP contribution is 2.28. The van der Waals surface area contributed by atoms with Crippen molar-refractivity contribution in [1.29, 1.82) is 0 Å². The Balaban J connectivity index is 2.28. The van der Waals surface area contributed by atoms with Crippen molar-refractivity contribution >= 4 is 11.6 Å². The maximum absolute atomic E-state index is 12.5. The molecule has 1 aliphatic rings. The van der Waals surface area contributed by atoms with Gasteiger partial charge in [-0.1, -0.05) is 6.92 Å². The predicted molar refractivity (Wildman–Crippen MR) is 67.6 cm³/mol. The second-order valence-electron chi connectivity index (χ2n) is 4.66. The van der Waals surface area contributed by atoms with E-state index >= 15 is 0 Å². The number of amides is 1. The van der Waals surface area contributed by atoms with Crippen molar-refractivity contribution in [3.05, 3.63) is 24.0 Å². The molecule has 0 spiro atoms. The number of carbonyl (C=O) groups excluding carboxylic acids is 1. The Kier molecular flexibility index (Phi) is 3.31. The van der Waals surface area contributed by atoms with Crippen LogP contribution in [0.15, 0.2) is 18.5 Å². The van der Waals surface area contributed by atoms with Gasteiger partial charge in [-0.05, 0) is 32.3 Å². The van der Waals surface area contributed by atoms with E-state index in [9.17, 15) is 4.79 Å². The summed E-state index contributed by atoms with van der Waals surface area (Å²) in [4.78, 5) is 18.4. The van der Waals surface area contributed by atoms with Gasteiger partial charge in [0.15, 0.2) is 0 Å². The number of rotatable bonds is 2. The average Bonchev–Trinajstić information content (AvgIpc) is 2.70. The number of nitrogens with two attached hydrogens (primary N) is 1. The second kappa shape index (κ2) is 4.73. The molecule has 1 aliphatic heterocycles. The number of nitrogen functional groups attached to an aromatic ring is 1. The highest BCUT2D eigenvalue weighted by Gasteiger charge is 2.34. The van der Waals surface area contributed by atoms with Crippen LogP contribution < -0.4 is 5.73 Å². The fourth-order valence-electron chi connectivity index (χ4n) is 2.58. The van der Waals surface area contributed by atoms with Gasteiger partial charge in [-0.25, -0.2) is 0 Å². The molecular weight excluding hydrogens is 214 g/mol. The normalized spacial score (nSPS) is 24.0. The third-order valence-electron chi connectivity index (χ3n) is 3.57. The molecule has 1 aromatic rings. The lowest BCUT2D eigenvalue weighted by Gasteiger charge is -2.28. The number of likely N-dealkylation sites (tertiary alicyclic amines) is 1. The summed E-state index contributed by atoms with van der Waals surface area (Å²) in [6.07, 6.45) is 6.32. The van der Waals surface area contributed by atoms with Crippen LogP contribution in [0.4, 0.5) is 5.69 Å². The Morgan fingerprint density at radius 1 is 1.59 bits per heavy atom. The number of anilines is 1. The summed E-state index contributed by atoms with van der Waals surface area (Å²) in [7, 11) is 0. The molecule has 0 bridgehead atoms. The topological polar surface area (TPSA) is 59.2 Å². The van der Waals surface area contributed by atoms with Gasteiger partial charge in [0.25, 0.3) is 5.91 Å². The molecule has 92 valence electrons. The van der Waals surface area contributed by atoms with Crippen molar-refractivity contribution in [2.24, 2.45) is 0 Å². The summed E-state index contributed by atoms with van der Waals surface area (Å²) in [5.41, 5.74) is 6.85. The molecule has 4 heteroatoms. The lowest BCUT2D eigenvalue weighted by atomic mass is 10.1. The van der Waals surface area contributed by atoms with Crippen LogP contribution in [-0.4, -0.2) is 27.9 Å². The Morgan fingerprint density at radius 3 is 3.00 bits per heavy atom. The van der Waals surface area contributed by atoms with Gasteiger partial charge in [0.2, 0.25) is 0 Å². The van der Waals surface area contributed by atoms with Crippen LogP contribution in [0.1, 0.15) is 43.5 Å². The Labute approximate surface area is 102 Å². The van der Waals surface area contributed by atoms with Crippen molar-refractivity contribution in [3.8, 4) is 0 Å². The summed E-state index contributed by atoms with van der Waals surface area (Å²) >= 11 is 0. The number of hydrogen-bond acceptors (Lipinski definition) is 3. The molecule has 2 rings (SSSR count). The van der Waals surface area contributed by atoms with E-state index in [1.807, 2.05) is 4.90 Å². The minimum atomic E-state index is 0.0433. The number of carbonyl (C=O) groups is 1. The monoisotopic (exact) mass is 233 g/mol. The Hall–Kier alpha value is -1.58. The van der Waals surface area contributed by atoms with Crippen LogP contribution in [0, 0.1) is 0 Å². The zero-order valence-electron chi connectivity index (χ0n) is 10.4. The zero-order valence-corrected chi connectivity index (χ0v) is 10.4. The third kappa shape index (κ3) is 2.12. The molecule has 17 heavy (non-hydrogen) atoms. The molecule has 2 unspecified atom stereocenters. The van der Waals surface area contributed by atoms with E-state index in [2.05, 4.69) is 18.8 Å². The SMILES string of the molecule is CCC1CCC(C)N1C(=O)c1ccncc1N. The fraction of sp³-hybridized carbons (Fsp3) is 0.538. The van der Waals surface area contributed by atoms with E-state index in [4.69, 9.17) is 5.73 Å². The summed E-state index contributed by atoms with van der Waals surface area (Å²) in [5.74, 6) is 0.0433. The summed E-state index contributed by atoms with van der Waals surface area (Å²) in [5, 5.41) is 0. The zero-order chi connectivity index (χ0) is 12.4. The highest BCUT2D eigenvalue weighted by molar-refractivity contribution is 5.99. The van der Waals surface area contributed by atoms with E-state index in [0.717, 1.165) is 19.3 Å². The molecule has 1 fully saturated rings. The van der Waals surface area contributed by atoms with Gasteiger partial charge in [0, 0.05) is 18.3 Å². The molecule has 4 nitrogen and oxygen atoms in total. The molecule has 2 N–H and O–H groups in total. The maximum Gasteiger partial charge on any atom is 0.256 e. The number of nitrogens with zero attached hydrogens (tertiary/aromatic N) is 2. The molecule has 1 aromatic heterocycles. The van der Waals surface area contributed by atoms with E-state index in [1.54, 1.807) is 12.3 Å². The lowest BCUT2D eigenvalue weighted by molar-refractivity contribution is 0.0677. The summed E-state index contributed by atoms with van der Waals surface area (Å²) < 4.78 is 0. The molecule has 1 saturated heterocycles. The number of hydrogen-bond donors (Lipinski definition) is 1. The molecular formula is C13H19N3O. The largest absolute Gasteiger partial charge is 0.397 e. The van der Waals surface area contributed by atoms with Crippen LogP contribution in [-0.2, 0) is 0 Å². The van der Waals surface area contributed by atoms with Gasteiger partial charge in [0.1, 0.15) is 0 Å². The first kappa shape index (κ1) is 11.9. The first-order valence-electron chi connectivity index (χ1n) is 6.17. The smallest absolute Gasteiger partial charge is 0.256 e. The second-order valence-corrected chi connectivity index (χ2v) is 4.66. The van der Waals surface area contributed by atoms with Crippen molar-refractivity contribution in [2.45, 2.75) is 45.2 Å². The van der Waals surface area contributed by atoms with E-state index in [0.29, 0.717) is 23.3 Å². The number of pyridine rings is 1. The van der Waals surface area contributed by atoms with Gasteiger partial charge in [-0.15, -0.1) is 0 Å². The fourth-order valence-corrected chi connectivity index (χ4v) is 2.58. The van der Waals surface area contributed by atoms with Crippen LogP contribution in [0.3, 0.4) is 0 Å². The number of aromatic nitrogens is 1. The van der Waals surface area contributed by atoms with Crippen LogP contribution in [0.2, 0.25) is 0 Å². The summed E-state index contributed by atoms with van der Waals surface area (Å²) in [6, 6.07) is 2.36. The molecule has 0 saturated carbocycles. The quantitative estimate of drug-likeness (QED) is 0.850. The van der Waals surface area contributed by atoms with Gasteiger partial charge in [-0.2, -0.15) is 0 Å². The Bertz CT molecular complexity index is 419. The van der Waals surface area contributed by atoms with E-state index < -0.39 is 0 Å². The van der Waals surface area contributed by atoms with Crippen molar-refractivity contribution < 1.29 is 4.79 Å². The third-order valence-corrected chi connectivity index (χ3v) is 3.57. The van der Waals surface area contributed by atoms with Crippen LogP contribution in [0.25, 0.3) is 0 Å². The van der Waals surface area contributed by atoms with Gasteiger partial charge < -0.3 is 10.6 Å². The standard InChI is InChI=1S/C13H19N3O/c1-3-10-5-4-9(2)16(10)13(17)11-6-7-15-8-12(11)14/h6-10H,3-5,14H2,1-2H3. The van der Waals surface area contributed by atoms with E-state index in [1.165, 1.54) is 6.20 Å². The average molecular weight is 233 g/mol. The molecule has 0 radical (unpaired) electrons. The van der Waals surface area contributed by atoms with Crippen molar-refractivity contribution in [3.63, 3.8) is 0 Å². The van der Waals surface area contributed by atoms with Crippen molar-refractivity contribution in [1.82, 2.24) is 9.88 Å². The van der Waals surface area contributed by atoms with Gasteiger partial charge in [-0.3, -0.25) is 9.78 Å². The minimum absolute atomic E-state index is 0.0433. The Morgan fingerprint density at radius 2 is 2.35 bits per heavy atom. The van der Waals surface area contributed by atoms with Gasteiger partial charge in [0.05, 0.1) is 17.4 Å². The lowest BCUT2D eigenvalue weighted by Crippen LogP contribution is -2.40. The minimum Gasteiger partial charge on any atom is -0.397 e. The van der Waals surface area contributed by atoms with Crippen molar-refractivity contribution in [2.75, 3.05) is 5.73 Å². The van der Waals surface area contributed by atoms with Crippen LogP contribution in [0.5, 0.6) is 0 Å².